The lowest BCUT2D eigenvalue weighted by Gasteiger charge is -1.99. The predicted octanol–water partition coefficient (Wildman–Crippen LogP) is 2.52. The Hall–Kier alpha value is -0.410. The van der Waals surface area contributed by atoms with Crippen LogP contribution in [0.25, 0.3) is 0 Å². The van der Waals surface area contributed by atoms with E-state index in [0.29, 0.717) is 5.92 Å². The first-order valence-electron chi connectivity index (χ1n) is 4.93. The Bertz CT molecular complexity index is 276. The molecule has 3 heteroatoms. The molecule has 1 aromatic heterocycles. The van der Waals surface area contributed by atoms with Gasteiger partial charge in [-0.25, -0.2) is 4.98 Å². The van der Waals surface area contributed by atoms with E-state index in [1.165, 1.54) is 23.5 Å². The second kappa shape index (κ2) is 3.76. The molecule has 0 amide bonds. The largest absolute Gasteiger partial charge is 0.308 e. The molecule has 1 fully saturated rings. The third-order valence-corrected chi connectivity index (χ3v) is 3.15. The van der Waals surface area contributed by atoms with E-state index >= 15 is 0 Å². The number of rotatable bonds is 4. The second-order valence-corrected chi connectivity index (χ2v) is 4.92. The van der Waals surface area contributed by atoms with Crippen molar-refractivity contribution < 1.29 is 0 Å². The topological polar surface area (TPSA) is 24.9 Å². The number of hydrogen-bond donors (Lipinski definition) is 1. The van der Waals surface area contributed by atoms with E-state index in [1.54, 1.807) is 11.3 Å². The summed E-state index contributed by atoms with van der Waals surface area (Å²) in [6.07, 6.45) is 2.70. The van der Waals surface area contributed by atoms with E-state index in [2.05, 4.69) is 29.5 Å². The zero-order chi connectivity index (χ0) is 9.26. The van der Waals surface area contributed by atoms with Gasteiger partial charge in [0.2, 0.25) is 0 Å². The number of nitrogens with one attached hydrogen (secondary N) is 1. The van der Waals surface area contributed by atoms with Crippen LogP contribution in [0.1, 0.15) is 43.3 Å². The summed E-state index contributed by atoms with van der Waals surface area (Å²) in [5, 5.41) is 6.88. The van der Waals surface area contributed by atoms with Gasteiger partial charge < -0.3 is 5.32 Å². The first kappa shape index (κ1) is 9.16. The molecule has 0 radical (unpaired) electrons. The smallest absolute Gasteiger partial charge is 0.107 e. The van der Waals surface area contributed by atoms with Gasteiger partial charge in [0, 0.05) is 18.0 Å². The van der Waals surface area contributed by atoms with Crippen LogP contribution in [0.2, 0.25) is 0 Å². The summed E-state index contributed by atoms with van der Waals surface area (Å²) < 4.78 is 0. The van der Waals surface area contributed by atoms with Gasteiger partial charge in [0.05, 0.1) is 5.69 Å². The maximum absolute atomic E-state index is 4.57. The monoisotopic (exact) mass is 196 g/mol. The highest BCUT2D eigenvalue weighted by atomic mass is 32.1. The molecule has 1 aromatic rings. The van der Waals surface area contributed by atoms with Gasteiger partial charge in [0.1, 0.15) is 5.01 Å². The van der Waals surface area contributed by atoms with Gasteiger partial charge in [-0.1, -0.05) is 13.8 Å². The first-order chi connectivity index (χ1) is 6.25. The fourth-order valence-electron chi connectivity index (χ4n) is 1.19. The lowest BCUT2D eigenvalue weighted by atomic mass is 10.2. The summed E-state index contributed by atoms with van der Waals surface area (Å²) >= 11 is 1.77. The van der Waals surface area contributed by atoms with E-state index < -0.39 is 0 Å². The Labute approximate surface area is 83.4 Å². The Morgan fingerprint density at radius 2 is 2.38 bits per heavy atom. The van der Waals surface area contributed by atoms with Gasteiger partial charge in [0.15, 0.2) is 0 Å². The standard InChI is InChI=1S/C10H16N2S/c1-7(2)9-6-13-10(12-9)5-11-8-3-4-8/h6-8,11H,3-5H2,1-2H3. The average Bonchev–Trinajstić information content (AvgIpc) is 2.79. The zero-order valence-electron chi connectivity index (χ0n) is 8.21. The molecular weight excluding hydrogens is 180 g/mol. The molecule has 2 nitrogen and oxygen atoms in total. The zero-order valence-corrected chi connectivity index (χ0v) is 9.03. The SMILES string of the molecule is CC(C)c1csc(CNC2CC2)n1. The molecule has 72 valence electrons. The number of nitrogens with zero attached hydrogens (tertiary/aromatic N) is 1. The lowest BCUT2D eigenvalue weighted by Crippen LogP contribution is -2.15. The molecule has 1 heterocycles. The summed E-state index contributed by atoms with van der Waals surface area (Å²) in [7, 11) is 0. The Kier molecular flexibility index (Phi) is 2.65. The van der Waals surface area contributed by atoms with Crippen LogP contribution in [-0.2, 0) is 6.54 Å². The molecular formula is C10H16N2S. The van der Waals surface area contributed by atoms with Crippen LogP contribution in [0.5, 0.6) is 0 Å². The van der Waals surface area contributed by atoms with E-state index in [0.717, 1.165) is 12.6 Å². The van der Waals surface area contributed by atoms with Crippen LogP contribution in [0.3, 0.4) is 0 Å². The minimum absolute atomic E-state index is 0.561. The van der Waals surface area contributed by atoms with Crippen molar-refractivity contribution >= 4 is 11.3 Å². The van der Waals surface area contributed by atoms with Crippen LogP contribution in [0, 0.1) is 0 Å². The van der Waals surface area contributed by atoms with Crippen molar-refractivity contribution in [3.63, 3.8) is 0 Å². The van der Waals surface area contributed by atoms with Gasteiger partial charge in [-0.05, 0) is 18.8 Å². The Morgan fingerprint density at radius 3 is 2.92 bits per heavy atom. The molecule has 13 heavy (non-hydrogen) atoms. The second-order valence-electron chi connectivity index (χ2n) is 3.98. The molecule has 0 saturated heterocycles. The third-order valence-electron chi connectivity index (χ3n) is 2.28. The number of thiazole rings is 1. The van der Waals surface area contributed by atoms with Crippen LogP contribution in [-0.4, -0.2) is 11.0 Å². The molecule has 1 N–H and O–H groups in total. The number of hydrogen-bond acceptors (Lipinski definition) is 3. The van der Waals surface area contributed by atoms with E-state index in [-0.39, 0.29) is 0 Å². The molecule has 0 aromatic carbocycles. The van der Waals surface area contributed by atoms with Crippen LogP contribution >= 0.6 is 11.3 Å². The highest BCUT2D eigenvalue weighted by molar-refractivity contribution is 7.09. The van der Waals surface area contributed by atoms with Crippen molar-refractivity contribution in [2.45, 2.75) is 45.2 Å². The van der Waals surface area contributed by atoms with Crippen LogP contribution < -0.4 is 5.32 Å². The van der Waals surface area contributed by atoms with Crippen molar-refractivity contribution in [3.8, 4) is 0 Å². The Balaban J connectivity index is 1.88. The van der Waals surface area contributed by atoms with E-state index in [4.69, 9.17) is 0 Å². The van der Waals surface area contributed by atoms with E-state index in [9.17, 15) is 0 Å². The summed E-state index contributed by atoms with van der Waals surface area (Å²) in [5.41, 5.74) is 1.23. The predicted molar refractivity (Wildman–Crippen MR) is 56.1 cm³/mol. The molecule has 1 saturated carbocycles. The maximum atomic E-state index is 4.57. The van der Waals surface area contributed by atoms with Gasteiger partial charge in [-0.2, -0.15) is 0 Å². The quantitative estimate of drug-likeness (QED) is 0.800. The van der Waals surface area contributed by atoms with Gasteiger partial charge in [0.25, 0.3) is 0 Å². The Morgan fingerprint density at radius 1 is 1.62 bits per heavy atom. The average molecular weight is 196 g/mol. The maximum Gasteiger partial charge on any atom is 0.107 e. The molecule has 0 atom stereocenters. The minimum atomic E-state index is 0.561. The molecule has 0 bridgehead atoms. The van der Waals surface area contributed by atoms with E-state index in [1.807, 2.05) is 0 Å². The van der Waals surface area contributed by atoms with Gasteiger partial charge in [-0.15, -0.1) is 11.3 Å². The molecule has 1 aliphatic rings. The summed E-state index contributed by atoms with van der Waals surface area (Å²) in [6.45, 7) is 5.34. The normalized spacial score (nSPS) is 16.8. The fraction of sp³-hybridized carbons (Fsp3) is 0.700. The molecule has 1 aliphatic carbocycles. The van der Waals surface area contributed by atoms with Crippen molar-refractivity contribution in [2.75, 3.05) is 0 Å². The highest BCUT2D eigenvalue weighted by Gasteiger charge is 2.20. The summed E-state index contributed by atoms with van der Waals surface area (Å²) in [6, 6.07) is 0.784. The van der Waals surface area contributed by atoms with Gasteiger partial charge >= 0.3 is 0 Å². The molecule has 0 aliphatic heterocycles. The molecule has 0 spiro atoms. The van der Waals surface area contributed by atoms with Crippen LogP contribution in [0.15, 0.2) is 5.38 Å². The number of aromatic nitrogens is 1. The third kappa shape index (κ3) is 2.51. The van der Waals surface area contributed by atoms with Crippen molar-refractivity contribution in [2.24, 2.45) is 0 Å². The fourth-order valence-corrected chi connectivity index (χ4v) is 2.10. The lowest BCUT2D eigenvalue weighted by molar-refractivity contribution is 0.679. The van der Waals surface area contributed by atoms with Crippen molar-refractivity contribution in [1.29, 1.82) is 0 Å². The molecule has 0 unspecified atom stereocenters. The summed E-state index contributed by atoms with van der Waals surface area (Å²) in [5.74, 6) is 0.561. The van der Waals surface area contributed by atoms with Crippen molar-refractivity contribution in [3.05, 3.63) is 16.1 Å². The molecule has 2 rings (SSSR count). The van der Waals surface area contributed by atoms with Crippen LogP contribution in [0.4, 0.5) is 0 Å². The minimum Gasteiger partial charge on any atom is -0.308 e. The van der Waals surface area contributed by atoms with Gasteiger partial charge in [-0.3, -0.25) is 0 Å². The first-order valence-corrected chi connectivity index (χ1v) is 5.81. The summed E-state index contributed by atoms with van der Waals surface area (Å²) in [4.78, 5) is 4.57. The van der Waals surface area contributed by atoms with Crippen molar-refractivity contribution in [1.82, 2.24) is 10.3 Å². The highest BCUT2D eigenvalue weighted by Crippen LogP contribution is 2.21.